The van der Waals surface area contributed by atoms with Crippen LogP contribution >= 0.6 is 0 Å². The lowest BCUT2D eigenvalue weighted by atomic mass is 10.3. The summed E-state index contributed by atoms with van der Waals surface area (Å²) in [5, 5.41) is 0. The van der Waals surface area contributed by atoms with E-state index in [0.717, 1.165) is 17.3 Å². The number of rotatable bonds is 3. The molecule has 1 heterocycles. The van der Waals surface area contributed by atoms with Gasteiger partial charge < -0.3 is 4.79 Å². The Hall–Kier alpha value is -1.84. The monoisotopic (exact) mass is 204 g/mol. The van der Waals surface area contributed by atoms with Crippen molar-refractivity contribution in [1.29, 1.82) is 0 Å². The van der Waals surface area contributed by atoms with Crippen molar-refractivity contribution in [2.24, 2.45) is 0 Å². The molecule has 0 bridgehead atoms. The van der Waals surface area contributed by atoms with Gasteiger partial charge in [-0.2, -0.15) is 0 Å². The third-order valence-corrected chi connectivity index (χ3v) is 2.50. The van der Waals surface area contributed by atoms with Crippen LogP contribution in [0, 0.1) is 0 Å². The van der Waals surface area contributed by atoms with E-state index in [2.05, 4.69) is 0 Å². The molecule has 2 aromatic rings. The topological polar surface area (TPSA) is 44.0 Å². The fraction of sp³-hybridized carbons (Fsp3) is 0.273. The molecule has 0 amide bonds. The number of hydrogen-bond acceptors (Lipinski definition) is 2. The Morgan fingerprint density at radius 2 is 1.80 bits per heavy atom. The molecule has 0 atom stereocenters. The zero-order valence-electron chi connectivity index (χ0n) is 8.51. The summed E-state index contributed by atoms with van der Waals surface area (Å²) in [4.78, 5) is 22.4. The number of carbonyl (C=O) groups excluding carboxylic acids is 1. The average molecular weight is 204 g/mol. The number of fused-ring (bicyclic) bond motifs is 1. The Morgan fingerprint density at radius 1 is 1.20 bits per heavy atom. The van der Waals surface area contributed by atoms with E-state index < -0.39 is 0 Å². The predicted octanol–water partition coefficient (Wildman–Crippen LogP) is 1.02. The first-order valence-electron chi connectivity index (χ1n) is 4.91. The largest absolute Gasteiger partial charge is 0.329 e. The van der Waals surface area contributed by atoms with Gasteiger partial charge in [0, 0.05) is 6.54 Å². The average Bonchev–Trinajstić information content (AvgIpc) is 2.53. The Labute approximate surface area is 86.7 Å². The lowest BCUT2D eigenvalue weighted by Gasteiger charge is -1.95. The maximum absolute atomic E-state index is 11.9. The van der Waals surface area contributed by atoms with Gasteiger partial charge in [-0.05, 0) is 19.1 Å². The van der Waals surface area contributed by atoms with Crippen molar-refractivity contribution in [2.75, 3.05) is 0 Å². The fourth-order valence-corrected chi connectivity index (χ4v) is 1.83. The number of hydrogen-bond donors (Lipinski definition) is 0. The van der Waals surface area contributed by atoms with E-state index in [1.165, 1.54) is 4.57 Å². The summed E-state index contributed by atoms with van der Waals surface area (Å²) >= 11 is 0. The van der Waals surface area contributed by atoms with E-state index in [1.54, 1.807) is 4.57 Å². The van der Waals surface area contributed by atoms with Crippen LogP contribution in [-0.2, 0) is 17.9 Å². The highest BCUT2D eigenvalue weighted by atomic mass is 16.2. The highest BCUT2D eigenvalue weighted by Gasteiger charge is 2.09. The standard InChI is InChI=1S/C11H12N2O2/c1-2-12-9-5-3-4-6-10(9)13(7-8-14)11(12)15/h3-6,8H,2,7H2,1H3. The third kappa shape index (κ3) is 1.38. The predicted molar refractivity (Wildman–Crippen MR) is 57.9 cm³/mol. The smallest absolute Gasteiger partial charge is 0.301 e. The lowest BCUT2D eigenvalue weighted by Crippen LogP contribution is -2.24. The number of imidazole rings is 1. The molecule has 78 valence electrons. The highest BCUT2D eigenvalue weighted by molar-refractivity contribution is 5.76. The molecule has 0 fully saturated rings. The van der Waals surface area contributed by atoms with Crippen molar-refractivity contribution in [3.8, 4) is 0 Å². The Morgan fingerprint density at radius 3 is 2.33 bits per heavy atom. The van der Waals surface area contributed by atoms with Gasteiger partial charge in [-0.25, -0.2) is 4.79 Å². The number of aldehydes is 1. The van der Waals surface area contributed by atoms with Gasteiger partial charge in [0.15, 0.2) is 0 Å². The van der Waals surface area contributed by atoms with Crippen molar-refractivity contribution in [3.05, 3.63) is 34.7 Å². The van der Waals surface area contributed by atoms with Crippen molar-refractivity contribution in [3.63, 3.8) is 0 Å². The fourth-order valence-electron chi connectivity index (χ4n) is 1.83. The van der Waals surface area contributed by atoms with Crippen LogP contribution < -0.4 is 5.69 Å². The van der Waals surface area contributed by atoms with Gasteiger partial charge in [-0.15, -0.1) is 0 Å². The Balaban J connectivity index is 2.84. The highest BCUT2D eigenvalue weighted by Crippen LogP contribution is 2.11. The minimum atomic E-state index is -0.120. The van der Waals surface area contributed by atoms with Gasteiger partial charge in [0.05, 0.1) is 17.6 Å². The molecular weight excluding hydrogens is 192 g/mol. The Kier molecular flexibility index (Phi) is 2.41. The lowest BCUT2D eigenvalue weighted by molar-refractivity contribution is -0.108. The first kappa shape index (κ1) is 9.71. The second-order valence-electron chi connectivity index (χ2n) is 3.29. The molecule has 1 aromatic heterocycles. The SMILES string of the molecule is CCn1c(=O)n(CC=O)c2ccccc21. The second-order valence-corrected chi connectivity index (χ2v) is 3.29. The molecule has 0 spiro atoms. The molecule has 4 heteroatoms. The summed E-state index contributed by atoms with van der Waals surface area (Å²) in [6.45, 7) is 2.65. The zero-order chi connectivity index (χ0) is 10.8. The van der Waals surface area contributed by atoms with Crippen LogP contribution in [0.25, 0.3) is 11.0 Å². The first-order valence-corrected chi connectivity index (χ1v) is 4.91. The van der Waals surface area contributed by atoms with Crippen LogP contribution in [0.1, 0.15) is 6.92 Å². The number of nitrogens with zero attached hydrogens (tertiary/aromatic N) is 2. The van der Waals surface area contributed by atoms with E-state index in [9.17, 15) is 9.59 Å². The minimum Gasteiger partial charge on any atom is -0.301 e. The molecule has 0 saturated heterocycles. The van der Waals surface area contributed by atoms with Gasteiger partial charge in [-0.3, -0.25) is 9.13 Å². The van der Waals surface area contributed by atoms with Gasteiger partial charge in [0.2, 0.25) is 0 Å². The molecule has 0 aliphatic rings. The molecule has 0 aliphatic heterocycles. The molecule has 0 N–H and O–H groups in total. The van der Waals surface area contributed by atoms with Crippen LogP contribution in [0.2, 0.25) is 0 Å². The van der Waals surface area contributed by atoms with Crippen molar-refractivity contribution < 1.29 is 4.79 Å². The molecule has 0 radical (unpaired) electrons. The van der Waals surface area contributed by atoms with Gasteiger partial charge >= 0.3 is 5.69 Å². The zero-order valence-corrected chi connectivity index (χ0v) is 8.51. The van der Waals surface area contributed by atoms with Crippen LogP contribution in [-0.4, -0.2) is 15.4 Å². The third-order valence-electron chi connectivity index (χ3n) is 2.50. The molecule has 0 aliphatic carbocycles. The number of carbonyl (C=O) groups is 1. The number of aromatic nitrogens is 2. The first-order chi connectivity index (χ1) is 7.29. The molecule has 15 heavy (non-hydrogen) atoms. The minimum absolute atomic E-state index is 0.117. The molecule has 4 nitrogen and oxygen atoms in total. The quantitative estimate of drug-likeness (QED) is 0.701. The van der Waals surface area contributed by atoms with E-state index >= 15 is 0 Å². The van der Waals surface area contributed by atoms with Gasteiger partial charge in [-0.1, -0.05) is 12.1 Å². The molecular formula is C11H12N2O2. The second kappa shape index (κ2) is 3.73. The van der Waals surface area contributed by atoms with E-state index in [-0.39, 0.29) is 12.2 Å². The Bertz CT molecular complexity index is 551. The molecule has 0 unspecified atom stereocenters. The molecule has 2 rings (SSSR count). The van der Waals surface area contributed by atoms with Crippen molar-refractivity contribution in [2.45, 2.75) is 20.0 Å². The summed E-state index contributed by atoms with van der Waals surface area (Å²) in [5.41, 5.74) is 1.58. The van der Waals surface area contributed by atoms with Crippen molar-refractivity contribution >= 4 is 17.3 Å². The number of aryl methyl sites for hydroxylation is 1. The van der Waals surface area contributed by atoms with Gasteiger partial charge in [0.25, 0.3) is 0 Å². The van der Waals surface area contributed by atoms with Crippen LogP contribution in [0.15, 0.2) is 29.1 Å². The molecule has 0 saturated carbocycles. The van der Waals surface area contributed by atoms with E-state index in [4.69, 9.17) is 0 Å². The van der Waals surface area contributed by atoms with Crippen molar-refractivity contribution in [1.82, 2.24) is 9.13 Å². The van der Waals surface area contributed by atoms with E-state index in [0.29, 0.717) is 6.54 Å². The van der Waals surface area contributed by atoms with Crippen LogP contribution in [0.5, 0.6) is 0 Å². The number of para-hydroxylation sites is 2. The number of benzene rings is 1. The van der Waals surface area contributed by atoms with Crippen LogP contribution in [0.3, 0.4) is 0 Å². The maximum atomic E-state index is 11.9. The van der Waals surface area contributed by atoms with Gasteiger partial charge in [0.1, 0.15) is 6.29 Å². The van der Waals surface area contributed by atoms with Crippen LogP contribution in [0.4, 0.5) is 0 Å². The summed E-state index contributed by atoms with van der Waals surface area (Å²) in [7, 11) is 0. The normalized spacial score (nSPS) is 10.7. The maximum Gasteiger partial charge on any atom is 0.329 e. The molecule has 1 aromatic carbocycles. The van der Waals surface area contributed by atoms with E-state index in [1.807, 2.05) is 31.2 Å². The summed E-state index contributed by atoms with van der Waals surface area (Å²) < 4.78 is 3.16. The summed E-state index contributed by atoms with van der Waals surface area (Å²) in [5.74, 6) is 0. The summed E-state index contributed by atoms with van der Waals surface area (Å²) in [6.07, 6.45) is 0.744. The summed E-state index contributed by atoms with van der Waals surface area (Å²) in [6, 6.07) is 7.50.